The number of fused-ring (bicyclic) bond motifs is 1. The highest BCUT2D eigenvalue weighted by atomic mass is 16.5. The first-order chi connectivity index (χ1) is 18.7. The number of aromatic amines is 1. The monoisotopic (exact) mass is 513 g/mol. The molecule has 2 aliphatic rings. The van der Waals surface area contributed by atoms with Gasteiger partial charge in [-0.25, -0.2) is 4.68 Å². The maximum Gasteiger partial charge on any atom is 0.253 e. The SMILES string of the molecule is CCc1ccc2[nH]c(=O)c([C@@H](c3nnnn3C3CCCC3)N(Cc3cccnc3)C[C@H]3CCCO3)cc2c1. The Balaban J connectivity index is 1.51. The van der Waals surface area contributed by atoms with Crippen LogP contribution in [0.2, 0.25) is 0 Å². The normalized spacial score (nSPS) is 19.1. The molecule has 2 fully saturated rings. The summed E-state index contributed by atoms with van der Waals surface area (Å²) < 4.78 is 8.07. The van der Waals surface area contributed by atoms with E-state index in [0.29, 0.717) is 18.7 Å². The van der Waals surface area contributed by atoms with E-state index in [-0.39, 0.29) is 17.7 Å². The van der Waals surface area contributed by atoms with Crippen molar-refractivity contribution in [3.05, 3.63) is 81.7 Å². The number of benzene rings is 1. The van der Waals surface area contributed by atoms with Crippen LogP contribution in [0.3, 0.4) is 0 Å². The lowest BCUT2D eigenvalue weighted by molar-refractivity contribution is 0.0569. The number of pyridine rings is 2. The fraction of sp³-hybridized carbons (Fsp3) is 0.483. The summed E-state index contributed by atoms with van der Waals surface area (Å²) in [6, 6.07) is 12.1. The Hall–Kier alpha value is -3.43. The summed E-state index contributed by atoms with van der Waals surface area (Å²) in [7, 11) is 0. The molecule has 1 aliphatic heterocycles. The van der Waals surface area contributed by atoms with E-state index in [4.69, 9.17) is 4.74 Å². The third kappa shape index (κ3) is 5.13. The molecule has 9 heteroatoms. The topological polar surface area (TPSA) is 102 Å². The largest absolute Gasteiger partial charge is 0.377 e. The Morgan fingerprint density at radius 2 is 2.03 bits per heavy atom. The van der Waals surface area contributed by atoms with E-state index in [0.717, 1.165) is 61.0 Å². The molecule has 0 bridgehead atoms. The number of hydrogen-bond acceptors (Lipinski definition) is 7. The van der Waals surface area contributed by atoms with Crippen LogP contribution in [-0.2, 0) is 17.7 Å². The highest BCUT2D eigenvalue weighted by Gasteiger charge is 2.35. The lowest BCUT2D eigenvalue weighted by Crippen LogP contribution is -2.39. The Bertz CT molecular complexity index is 1420. The summed E-state index contributed by atoms with van der Waals surface area (Å²) in [5.74, 6) is 0.718. The van der Waals surface area contributed by atoms with Crippen molar-refractivity contribution >= 4 is 10.9 Å². The van der Waals surface area contributed by atoms with Crippen molar-refractivity contribution in [3.8, 4) is 0 Å². The fourth-order valence-electron chi connectivity index (χ4n) is 6.02. The van der Waals surface area contributed by atoms with E-state index in [9.17, 15) is 4.79 Å². The number of aryl methyl sites for hydroxylation is 1. The third-order valence-electron chi connectivity index (χ3n) is 8.01. The lowest BCUT2D eigenvalue weighted by Gasteiger charge is -2.33. The number of nitrogens with zero attached hydrogens (tertiary/aromatic N) is 6. The van der Waals surface area contributed by atoms with Gasteiger partial charge in [0.25, 0.3) is 5.56 Å². The van der Waals surface area contributed by atoms with Gasteiger partial charge in [0.05, 0.1) is 12.1 Å². The van der Waals surface area contributed by atoms with E-state index in [1.165, 1.54) is 18.4 Å². The van der Waals surface area contributed by atoms with Crippen LogP contribution in [0.1, 0.15) is 80.0 Å². The molecule has 1 saturated carbocycles. The van der Waals surface area contributed by atoms with Crippen molar-refractivity contribution in [2.24, 2.45) is 0 Å². The molecule has 4 aromatic rings. The molecule has 3 aromatic heterocycles. The van der Waals surface area contributed by atoms with Crippen molar-refractivity contribution < 1.29 is 4.74 Å². The minimum Gasteiger partial charge on any atom is -0.377 e. The Morgan fingerprint density at radius 3 is 2.79 bits per heavy atom. The van der Waals surface area contributed by atoms with Crippen LogP contribution in [-0.4, -0.2) is 54.3 Å². The molecule has 1 aliphatic carbocycles. The molecular formula is C29H35N7O2. The van der Waals surface area contributed by atoms with Gasteiger partial charge in [-0.3, -0.25) is 14.7 Å². The second-order valence-corrected chi connectivity index (χ2v) is 10.6. The predicted octanol–water partition coefficient (Wildman–Crippen LogP) is 4.36. The Morgan fingerprint density at radius 1 is 1.13 bits per heavy atom. The summed E-state index contributed by atoms with van der Waals surface area (Å²) in [5.41, 5.74) is 3.68. The molecule has 1 saturated heterocycles. The fourth-order valence-corrected chi connectivity index (χ4v) is 6.02. The maximum absolute atomic E-state index is 13.7. The van der Waals surface area contributed by atoms with Gasteiger partial charge in [0.15, 0.2) is 5.82 Å². The quantitative estimate of drug-likeness (QED) is 0.355. The third-order valence-corrected chi connectivity index (χ3v) is 8.01. The molecule has 38 heavy (non-hydrogen) atoms. The van der Waals surface area contributed by atoms with E-state index >= 15 is 0 Å². The number of hydrogen-bond donors (Lipinski definition) is 1. The molecule has 0 unspecified atom stereocenters. The molecule has 0 spiro atoms. The van der Waals surface area contributed by atoms with Gasteiger partial charge in [0.2, 0.25) is 0 Å². The van der Waals surface area contributed by atoms with Gasteiger partial charge in [-0.1, -0.05) is 31.9 Å². The van der Waals surface area contributed by atoms with E-state index < -0.39 is 6.04 Å². The molecule has 1 N–H and O–H groups in total. The zero-order valence-electron chi connectivity index (χ0n) is 21.9. The molecule has 198 valence electrons. The van der Waals surface area contributed by atoms with Crippen molar-refractivity contribution in [2.45, 2.75) is 76.6 Å². The van der Waals surface area contributed by atoms with Crippen LogP contribution in [0, 0.1) is 0 Å². The molecular weight excluding hydrogens is 478 g/mol. The second-order valence-electron chi connectivity index (χ2n) is 10.6. The highest BCUT2D eigenvalue weighted by molar-refractivity contribution is 5.80. The molecule has 0 radical (unpaired) electrons. The first-order valence-electron chi connectivity index (χ1n) is 13.9. The smallest absolute Gasteiger partial charge is 0.253 e. The number of nitrogens with one attached hydrogen (secondary N) is 1. The lowest BCUT2D eigenvalue weighted by atomic mass is 10.00. The summed E-state index contributed by atoms with van der Waals surface area (Å²) in [4.78, 5) is 23.6. The zero-order chi connectivity index (χ0) is 25.9. The predicted molar refractivity (Wildman–Crippen MR) is 145 cm³/mol. The van der Waals surface area contributed by atoms with Crippen molar-refractivity contribution in [2.75, 3.05) is 13.2 Å². The van der Waals surface area contributed by atoms with Gasteiger partial charge in [0.1, 0.15) is 6.04 Å². The molecule has 1 aromatic carbocycles. The highest BCUT2D eigenvalue weighted by Crippen LogP contribution is 2.35. The number of tetrazole rings is 1. The number of aromatic nitrogens is 6. The molecule has 6 rings (SSSR count). The van der Waals surface area contributed by atoms with Crippen LogP contribution >= 0.6 is 0 Å². The summed E-state index contributed by atoms with van der Waals surface area (Å²) in [5, 5.41) is 14.2. The van der Waals surface area contributed by atoms with Crippen molar-refractivity contribution in [1.29, 1.82) is 0 Å². The summed E-state index contributed by atoms with van der Waals surface area (Å²) in [6.07, 6.45) is 11.2. The molecule has 2 atom stereocenters. The van der Waals surface area contributed by atoms with E-state index in [1.807, 2.05) is 29.1 Å². The van der Waals surface area contributed by atoms with E-state index in [1.54, 1.807) is 6.20 Å². The number of rotatable bonds is 9. The minimum atomic E-state index is -0.437. The van der Waals surface area contributed by atoms with E-state index in [2.05, 4.69) is 55.5 Å². The van der Waals surface area contributed by atoms with Crippen LogP contribution in [0.15, 0.2) is 53.6 Å². The second kappa shape index (κ2) is 11.1. The average molecular weight is 514 g/mol. The summed E-state index contributed by atoms with van der Waals surface area (Å²) in [6.45, 7) is 4.18. The van der Waals surface area contributed by atoms with Gasteiger partial charge >= 0.3 is 0 Å². The van der Waals surface area contributed by atoms with Crippen LogP contribution in [0.25, 0.3) is 10.9 Å². The van der Waals surface area contributed by atoms with Gasteiger partial charge in [-0.2, -0.15) is 0 Å². The Kier molecular flexibility index (Phi) is 7.29. The van der Waals surface area contributed by atoms with Gasteiger partial charge in [0, 0.05) is 43.2 Å². The summed E-state index contributed by atoms with van der Waals surface area (Å²) >= 11 is 0. The van der Waals surface area contributed by atoms with Gasteiger partial charge < -0.3 is 9.72 Å². The van der Waals surface area contributed by atoms with Gasteiger partial charge in [-0.15, -0.1) is 5.10 Å². The molecule has 0 amide bonds. The minimum absolute atomic E-state index is 0.0937. The first kappa shape index (κ1) is 24.9. The van der Waals surface area contributed by atoms with Crippen LogP contribution < -0.4 is 5.56 Å². The number of ether oxygens (including phenoxy) is 1. The van der Waals surface area contributed by atoms with Gasteiger partial charge in [-0.05, 0) is 83.3 Å². The van der Waals surface area contributed by atoms with Crippen LogP contribution in [0.4, 0.5) is 0 Å². The molecule has 9 nitrogen and oxygen atoms in total. The average Bonchev–Trinajstić information content (AvgIpc) is 3.73. The molecule has 4 heterocycles. The van der Waals surface area contributed by atoms with Crippen molar-refractivity contribution in [1.82, 2.24) is 35.1 Å². The first-order valence-corrected chi connectivity index (χ1v) is 13.9. The maximum atomic E-state index is 13.7. The Labute approximate surface area is 222 Å². The standard InChI is InChI=1S/C29H35N7O2/c1-2-20-11-12-26-22(15-20)16-25(29(37)31-26)27(28-32-33-34-36(28)23-8-3-4-9-23)35(19-24-10-6-14-38-24)18-21-7-5-13-30-17-21/h5,7,11-13,15-17,23-24,27H,2-4,6,8-10,14,18-19H2,1H3,(H,31,37)/t24-,27+/m1/s1. The number of H-pyrrole nitrogens is 1. The van der Waals surface area contributed by atoms with Crippen LogP contribution in [0.5, 0.6) is 0 Å². The van der Waals surface area contributed by atoms with Crippen molar-refractivity contribution in [3.63, 3.8) is 0 Å². The zero-order valence-corrected chi connectivity index (χ0v) is 21.9.